The summed E-state index contributed by atoms with van der Waals surface area (Å²) in [5, 5.41) is 8.83. The van der Waals surface area contributed by atoms with Gasteiger partial charge in [0.1, 0.15) is 0 Å². The first-order valence-electron chi connectivity index (χ1n) is 4.55. The molecule has 0 saturated carbocycles. The van der Waals surface area contributed by atoms with Gasteiger partial charge in [-0.05, 0) is 12.1 Å². The monoisotopic (exact) mass is 238 g/mol. The zero-order chi connectivity index (χ0) is 12.8. The van der Waals surface area contributed by atoms with Gasteiger partial charge < -0.3 is 10.8 Å². The molecule has 7 nitrogen and oxygen atoms in total. The van der Waals surface area contributed by atoms with Gasteiger partial charge in [0.05, 0.1) is 11.1 Å². The lowest BCUT2D eigenvalue weighted by Crippen LogP contribution is -2.30. The Bertz CT molecular complexity index is 458. The van der Waals surface area contributed by atoms with Gasteiger partial charge in [-0.25, -0.2) is 10.3 Å². The first kappa shape index (κ1) is 12.7. The van der Waals surface area contributed by atoms with Gasteiger partial charge in [0.2, 0.25) is 5.91 Å². The van der Waals surface area contributed by atoms with Crippen molar-refractivity contribution in [3.8, 4) is 0 Å². The fourth-order valence-electron chi connectivity index (χ4n) is 1.10. The van der Waals surface area contributed by atoms with E-state index in [0.717, 1.165) is 0 Å². The van der Waals surface area contributed by atoms with Gasteiger partial charge in [-0.1, -0.05) is 12.1 Å². The molecular formula is C10H10N2O5. The molecule has 0 radical (unpaired) electrons. The number of carbonyl (C=O) groups is 3. The third-order valence-corrected chi connectivity index (χ3v) is 1.78. The number of primary amides is 1. The topological polar surface area (TPSA) is 119 Å². The number of nitrogens with two attached hydrogens (primary N) is 1. The summed E-state index contributed by atoms with van der Waals surface area (Å²) in [5.74, 6) is -2.74. The van der Waals surface area contributed by atoms with Crippen molar-refractivity contribution in [3.05, 3.63) is 35.4 Å². The van der Waals surface area contributed by atoms with Gasteiger partial charge in [-0.15, -0.1) is 0 Å². The first-order chi connectivity index (χ1) is 8.02. The van der Waals surface area contributed by atoms with Crippen molar-refractivity contribution in [2.24, 2.45) is 5.73 Å². The molecule has 0 aromatic heterocycles. The molecule has 1 aromatic carbocycles. The Kier molecular flexibility index (Phi) is 4.18. The van der Waals surface area contributed by atoms with Crippen molar-refractivity contribution in [1.29, 1.82) is 0 Å². The van der Waals surface area contributed by atoms with Crippen LogP contribution in [0.3, 0.4) is 0 Å². The highest BCUT2D eigenvalue weighted by Crippen LogP contribution is 2.08. The SMILES string of the molecule is NC(=O)CONC(=O)c1ccccc1C(=O)O. The van der Waals surface area contributed by atoms with E-state index in [-0.39, 0.29) is 11.1 Å². The van der Waals surface area contributed by atoms with Crippen LogP contribution < -0.4 is 11.2 Å². The van der Waals surface area contributed by atoms with Crippen LogP contribution in [0.25, 0.3) is 0 Å². The van der Waals surface area contributed by atoms with Crippen molar-refractivity contribution < 1.29 is 24.3 Å². The molecule has 90 valence electrons. The van der Waals surface area contributed by atoms with Gasteiger partial charge in [-0.3, -0.25) is 14.4 Å². The maximum absolute atomic E-state index is 11.5. The molecular weight excluding hydrogens is 228 g/mol. The lowest BCUT2D eigenvalue weighted by atomic mass is 10.1. The smallest absolute Gasteiger partial charge is 0.336 e. The minimum absolute atomic E-state index is 0.0653. The third kappa shape index (κ3) is 3.58. The number of carboxylic acids is 1. The van der Waals surface area contributed by atoms with Crippen LogP contribution in [0.4, 0.5) is 0 Å². The van der Waals surface area contributed by atoms with Gasteiger partial charge in [0, 0.05) is 0 Å². The lowest BCUT2D eigenvalue weighted by molar-refractivity contribution is -0.124. The molecule has 0 spiro atoms. The number of hydrogen-bond acceptors (Lipinski definition) is 4. The van der Waals surface area contributed by atoms with Crippen LogP contribution in [0.1, 0.15) is 20.7 Å². The average molecular weight is 238 g/mol. The normalized spacial score (nSPS) is 9.65. The first-order valence-corrected chi connectivity index (χ1v) is 4.55. The van der Waals surface area contributed by atoms with Gasteiger partial charge in [0.15, 0.2) is 6.61 Å². The largest absolute Gasteiger partial charge is 0.478 e. The maximum atomic E-state index is 11.5. The third-order valence-electron chi connectivity index (χ3n) is 1.78. The number of hydrogen-bond donors (Lipinski definition) is 3. The summed E-state index contributed by atoms with van der Waals surface area (Å²) in [6, 6.07) is 5.61. The van der Waals surface area contributed by atoms with Gasteiger partial charge in [0.25, 0.3) is 5.91 Å². The molecule has 7 heteroatoms. The quantitative estimate of drug-likeness (QED) is 0.599. The molecule has 2 amide bonds. The molecule has 4 N–H and O–H groups in total. The van der Waals surface area contributed by atoms with Crippen molar-refractivity contribution >= 4 is 17.8 Å². The molecule has 1 rings (SSSR count). The van der Waals surface area contributed by atoms with Crippen molar-refractivity contribution in [2.75, 3.05) is 6.61 Å². The number of carbonyl (C=O) groups excluding carboxylic acids is 2. The average Bonchev–Trinajstić information content (AvgIpc) is 2.28. The number of nitrogens with one attached hydrogen (secondary N) is 1. The summed E-state index contributed by atoms with van der Waals surface area (Å²) >= 11 is 0. The summed E-state index contributed by atoms with van der Waals surface area (Å²) in [7, 11) is 0. The van der Waals surface area contributed by atoms with Crippen molar-refractivity contribution in [2.45, 2.75) is 0 Å². The fourth-order valence-corrected chi connectivity index (χ4v) is 1.10. The van der Waals surface area contributed by atoms with Crippen LogP contribution in [-0.4, -0.2) is 29.5 Å². The van der Waals surface area contributed by atoms with E-state index in [9.17, 15) is 14.4 Å². The van der Waals surface area contributed by atoms with Crippen molar-refractivity contribution in [1.82, 2.24) is 5.48 Å². The standard InChI is InChI=1S/C10H10N2O5/c11-8(13)5-17-12-9(14)6-3-1-2-4-7(6)10(15)16/h1-4H,5H2,(H2,11,13)(H,12,14)(H,15,16). The highest BCUT2D eigenvalue weighted by Gasteiger charge is 2.15. The van der Waals surface area contributed by atoms with Crippen molar-refractivity contribution in [3.63, 3.8) is 0 Å². The number of amides is 2. The number of aromatic carboxylic acids is 1. The zero-order valence-corrected chi connectivity index (χ0v) is 8.67. The Morgan fingerprint density at radius 1 is 1.24 bits per heavy atom. The molecule has 0 atom stereocenters. The van der Waals surface area contributed by atoms with Crippen LogP contribution in [-0.2, 0) is 9.63 Å². The number of rotatable bonds is 5. The van der Waals surface area contributed by atoms with E-state index in [2.05, 4.69) is 4.84 Å². The Balaban J connectivity index is 2.75. The Hall–Kier alpha value is -2.41. The highest BCUT2D eigenvalue weighted by atomic mass is 16.7. The molecule has 17 heavy (non-hydrogen) atoms. The zero-order valence-electron chi connectivity index (χ0n) is 8.67. The van der Waals surface area contributed by atoms with Crippen LogP contribution in [0, 0.1) is 0 Å². The summed E-state index contributed by atoms with van der Waals surface area (Å²) in [6.07, 6.45) is 0. The number of carboxylic acid groups (broad SMARTS) is 1. The predicted octanol–water partition coefficient (Wildman–Crippen LogP) is -0.468. The number of benzene rings is 1. The van der Waals surface area contributed by atoms with E-state index in [1.807, 2.05) is 5.48 Å². The molecule has 0 aliphatic carbocycles. The molecule has 1 aromatic rings. The van der Waals surface area contributed by atoms with E-state index in [4.69, 9.17) is 10.8 Å². The number of hydroxylamine groups is 1. The van der Waals surface area contributed by atoms with E-state index < -0.39 is 24.4 Å². The minimum Gasteiger partial charge on any atom is -0.478 e. The molecule has 0 aliphatic rings. The van der Waals surface area contributed by atoms with Gasteiger partial charge >= 0.3 is 5.97 Å². The summed E-state index contributed by atoms with van der Waals surface area (Å²) in [6.45, 7) is -0.485. The van der Waals surface area contributed by atoms with E-state index in [1.165, 1.54) is 24.3 Å². The van der Waals surface area contributed by atoms with Gasteiger partial charge in [-0.2, -0.15) is 0 Å². The Labute approximate surface area is 96.1 Å². The molecule has 0 fully saturated rings. The molecule has 0 unspecified atom stereocenters. The summed E-state index contributed by atoms with van der Waals surface area (Å²) in [5.41, 5.74) is 6.48. The molecule has 0 bridgehead atoms. The second kappa shape index (κ2) is 5.61. The molecule has 0 saturated heterocycles. The minimum atomic E-state index is -1.23. The van der Waals surface area contributed by atoms with Crippen LogP contribution in [0.2, 0.25) is 0 Å². The Morgan fingerprint density at radius 2 is 1.82 bits per heavy atom. The van der Waals surface area contributed by atoms with E-state index in [0.29, 0.717) is 0 Å². The molecule has 0 aliphatic heterocycles. The second-order valence-corrected chi connectivity index (χ2v) is 3.04. The van der Waals surface area contributed by atoms with E-state index in [1.54, 1.807) is 0 Å². The highest BCUT2D eigenvalue weighted by molar-refractivity contribution is 6.04. The lowest BCUT2D eigenvalue weighted by Gasteiger charge is -2.06. The summed E-state index contributed by atoms with van der Waals surface area (Å²) in [4.78, 5) is 37.1. The summed E-state index contributed by atoms with van der Waals surface area (Å²) < 4.78 is 0. The molecule has 0 heterocycles. The van der Waals surface area contributed by atoms with Crippen LogP contribution >= 0.6 is 0 Å². The van der Waals surface area contributed by atoms with Crippen LogP contribution in [0.5, 0.6) is 0 Å². The Morgan fingerprint density at radius 3 is 2.35 bits per heavy atom. The second-order valence-electron chi connectivity index (χ2n) is 3.04. The fraction of sp³-hybridized carbons (Fsp3) is 0.100. The maximum Gasteiger partial charge on any atom is 0.336 e. The van der Waals surface area contributed by atoms with E-state index >= 15 is 0 Å². The van der Waals surface area contributed by atoms with Crippen LogP contribution in [0.15, 0.2) is 24.3 Å². The predicted molar refractivity (Wildman–Crippen MR) is 56.0 cm³/mol.